The van der Waals surface area contributed by atoms with Crippen molar-refractivity contribution in [2.24, 2.45) is 0 Å². The molecule has 0 radical (unpaired) electrons. The van der Waals surface area contributed by atoms with Gasteiger partial charge in [0.1, 0.15) is 12.4 Å². The van der Waals surface area contributed by atoms with Gasteiger partial charge in [-0.1, -0.05) is 19.1 Å². The first-order valence-electron chi connectivity index (χ1n) is 9.91. The Morgan fingerprint density at radius 2 is 2.00 bits per heavy atom. The predicted molar refractivity (Wildman–Crippen MR) is 106 cm³/mol. The lowest BCUT2D eigenvalue weighted by Crippen LogP contribution is -2.49. The highest BCUT2D eigenvalue weighted by Crippen LogP contribution is 2.33. The molecule has 0 aliphatic carbocycles. The van der Waals surface area contributed by atoms with Crippen LogP contribution in [0, 0.1) is 5.82 Å². The minimum atomic E-state index is -0.359. The Morgan fingerprint density at radius 3 is 2.68 bits per heavy atom. The number of halogens is 1. The van der Waals surface area contributed by atoms with E-state index in [4.69, 9.17) is 0 Å². The fourth-order valence-electron chi connectivity index (χ4n) is 3.83. The number of hydrogen-bond donors (Lipinski definition) is 0. The molecule has 1 aromatic heterocycles. The molecule has 2 aromatic rings. The van der Waals surface area contributed by atoms with Gasteiger partial charge in [-0.15, -0.1) is 0 Å². The molecule has 150 valence electrons. The molecule has 1 unspecified atom stereocenters. The summed E-state index contributed by atoms with van der Waals surface area (Å²) in [6.45, 7) is 7.05. The number of amides is 2. The van der Waals surface area contributed by atoms with Crippen molar-refractivity contribution in [1.29, 1.82) is 0 Å². The maximum atomic E-state index is 13.9. The maximum Gasteiger partial charge on any atom is 0.243 e. The van der Waals surface area contributed by atoms with E-state index in [1.54, 1.807) is 15.9 Å². The first kappa shape index (κ1) is 20.1. The minimum Gasteiger partial charge on any atom is -0.348 e. The molecule has 1 aliphatic rings. The highest BCUT2D eigenvalue weighted by atomic mass is 19.1. The molecule has 0 bridgehead atoms. The molecule has 1 atom stereocenters. The first-order valence-corrected chi connectivity index (χ1v) is 9.91. The number of fused-ring (bicyclic) bond motifs is 1. The van der Waals surface area contributed by atoms with E-state index in [2.05, 4.69) is 4.57 Å². The zero-order valence-corrected chi connectivity index (χ0v) is 16.8. The summed E-state index contributed by atoms with van der Waals surface area (Å²) in [6, 6.07) is 9.90. The van der Waals surface area contributed by atoms with Crippen LogP contribution in [0.5, 0.6) is 0 Å². The smallest absolute Gasteiger partial charge is 0.243 e. The molecular formula is C22H28FN3O2. The summed E-state index contributed by atoms with van der Waals surface area (Å²) in [7, 11) is 0. The monoisotopic (exact) mass is 385 g/mol. The van der Waals surface area contributed by atoms with Gasteiger partial charge in [0.05, 0.1) is 6.04 Å². The Hall–Kier alpha value is -2.63. The van der Waals surface area contributed by atoms with E-state index < -0.39 is 0 Å². The average Bonchev–Trinajstić information content (AvgIpc) is 3.13. The Morgan fingerprint density at radius 1 is 1.21 bits per heavy atom. The van der Waals surface area contributed by atoms with Crippen LogP contribution < -0.4 is 0 Å². The highest BCUT2D eigenvalue weighted by molar-refractivity contribution is 5.85. The van der Waals surface area contributed by atoms with Gasteiger partial charge in [0.15, 0.2) is 0 Å². The largest absolute Gasteiger partial charge is 0.348 e. The van der Waals surface area contributed by atoms with E-state index in [9.17, 15) is 14.0 Å². The topological polar surface area (TPSA) is 45.6 Å². The molecule has 0 spiro atoms. The van der Waals surface area contributed by atoms with Crippen molar-refractivity contribution >= 4 is 11.8 Å². The van der Waals surface area contributed by atoms with Crippen molar-refractivity contribution in [2.45, 2.75) is 52.2 Å². The number of carbonyl (C=O) groups is 2. The van der Waals surface area contributed by atoms with Crippen LogP contribution in [0.1, 0.15) is 50.9 Å². The van der Waals surface area contributed by atoms with Crippen LogP contribution in [0.25, 0.3) is 0 Å². The molecule has 2 heterocycles. The Kier molecular flexibility index (Phi) is 6.17. The number of nitrogens with zero attached hydrogens (tertiary/aromatic N) is 3. The lowest BCUT2D eigenvalue weighted by atomic mass is 9.99. The van der Waals surface area contributed by atoms with Crippen LogP contribution in [0.2, 0.25) is 0 Å². The third-order valence-corrected chi connectivity index (χ3v) is 5.24. The van der Waals surface area contributed by atoms with E-state index in [0.717, 1.165) is 17.7 Å². The van der Waals surface area contributed by atoms with Crippen molar-refractivity contribution < 1.29 is 14.0 Å². The molecule has 6 heteroatoms. The van der Waals surface area contributed by atoms with Crippen molar-refractivity contribution in [3.63, 3.8) is 0 Å². The summed E-state index contributed by atoms with van der Waals surface area (Å²) in [5, 5.41) is 0. The number of carbonyl (C=O) groups excluding carboxylic acids is 2. The van der Waals surface area contributed by atoms with Gasteiger partial charge < -0.3 is 14.4 Å². The summed E-state index contributed by atoms with van der Waals surface area (Å²) in [6.07, 6.45) is 3.16. The third kappa shape index (κ3) is 4.11. The molecule has 0 saturated carbocycles. The molecule has 5 nitrogen and oxygen atoms in total. The molecule has 0 fully saturated rings. The molecule has 1 aromatic carbocycles. The summed E-state index contributed by atoms with van der Waals surface area (Å²) in [5.41, 5.74) is 1.70. The molecular weight excluding hydrogens is 357 g/mol. The molecule has 2 amide bonds. The number of hydrogen-bond acceptors (Lipinski definition) is 2. The van der Waals surface area contributed by atoms with Gasteiger partial charge in [0.2, 0.25) is 11.8 Å². The van der Waals surface area contributed by atoms with Gasteiger partial charge in [-0.25, -0.2) is 4.39 Å². The summed E-state index contributed by atoms with van der Waals surface area (Å²) in [4.78, 5) is 29.1. The van der Waals surface area contributed by atoms with Crippen LogP contribution in [-0.4, -0.2) is 45.3 Å². The predicted octanol–water partition coefficient (Wildman–Crippen LogP) is 3.60. The van der Waals surface area contributed by atoms with E-state index in [-0.39, 0.29) is 36.3 Å². The van der Waals surface area contributed by atoms with Crippen LogP contribution >= 0.6 is 0 Å². The van der Waals surface area contributed by atoms with Gasteiger partial charge in [0, 0.05) is 37.4 Å². The van der Waals surface area contributed by atoms with Gasteiger partial charge in [-0.2, -0.15) is 0 Å². The summed E-state index contributed by atoms with van der Waals surface area (Å²) in [5.74, 6) is -0.441. The number of aromatic nitrogens is 1. The molecule has 0 N–H and O–H groups in total. The Balaban J connectivity index is 1.90. The SMILES string of the molecule is CCCC(=O)N(CC(=O)N1CCn2cccc2C1c1cccc(F)c1)C(C)C. The zero-order chi connectivity index (χ0) is 20.3. The number of benzene rings is 1. The fourth-order valence-corrected chi connectivity index (χ4v) is 3.83. The minimum absolute atomic E-state index is 0.00598. The van der Waals surface area contributed by atoms with Crippen LogP contribution in [0.15, 0.2) is 42.6 Å². The lowest BCUT2D eigenvalue weighted by Gasteiger charge is -2.39. The van der Waals surface area contributed by atoms with Crippen molar-refractivity contribution in [2.75, 3.05) is 13.1 Å². The van der Waals surface area contributed by atoms with Gasteiger partial charge >= 0.3 is 0 Å². The first-order chi connectivity index (χ1) is 13.4. The summed E-state index contributed by atoms with van der Waals surface area (Å²) < 4.78 is 16.0. The Bertz CT molecular complexity index is 846. The molecule has 0 saturated heterocycles. The zero-order valence-electron chi connectivity index (χ0n) is 16.8. The third-order valence-electron chi connectivity index (χ3n) is 5.24. The average molecular weight is 385 g/mol. The lowest BCUT2D eigenvalue weighted by molar-refractivity contribution is -0.143. The van der Waals surface area contributed by atoms with Crippen LogP contribution in [-0.2, 0) is 16.1 Å². The van der Waals surface area contributed by atoms with Gasteiger partial charge in [-0.3, -0.25) is 9.59 Å². The van der Waals surface area contributed by atoms with Gasteiger partial charge in [0.25, 0.3) is 0 Å². The Labute approximate surface area is 165 Å². The van der Waals surface area contributed by atoms with Crippen molar-refractivity contribution in [3.05, 3.63) is 59.7 Å². The number of rotatable bonds is 6. The van der Waals surface area contributed by atoms with E-state index in [1.807, 2.05) is 45.2 Å². The van der Waals surface area contributed by atoms with E-state index in [1.165, 1.54) is 12.1 Å². The normalized spacial score (nSPS) is 16.2. The van der Waals surface area contributed by atoms with Gasteiger partial charge in [-0.05, 0) is 50.1 Å². The second-order valence-corrected chi connectivity index (χ2v) is 7.54. The highest BCUT2D eigenvalue weighted by Gasteiger charge is 2.33. The van der Waals surface area contributed by atoms with Crippen molar-refractivity contribution in [3.8, 4) is 0 Å². The van der Waals surface area contributed by atoms with E-state index in [0.29, 0.717) is 19.5 Å². The molecule has 28 heavy (non-hydrogen) atoms. The molecule has 3 rings (SSSR count). The van der Waals surface area contributed by atoms with Crippen LogP contribution in [0.3, 0.4) is 0 Å². The van der Waals surface area contributed by atoms with E-state index >= 15 is 0 Å². The quantitative estimate of drug-likeness (QED) is 0.763. The summed E-state index contributed by atoms with van der Waals surface area (Å²) >= 11 is 0. The second-order valence-electron chi connectivity index (χ2n) is 7.54. The van der Waals surface area contributed by atoms with Crippen LogP contribution in [0.4, 0.5) is 4.39 Å². The van der Waals surface area contributed by atoms with Crippen molar-refractivity contribution in [1.82, 2.24) is 14.4 Å². The molecule has 1 aliphatic heterocycles. The fraction of sp³-hybridized carbons (Fsp3) is 0.455. The maximum absolute atomic E-state index is 13.9. The second kappa shape index (κ2) is 8.59. The standard InChI is InChI=1S/C22H28FN3O2/c1-4-7-20(27)26(16(2)3)15-21(28)25-13-12-24-11-6-10-19(24)22(25)17-8-5-9-18(23)14-17/h5-6,8-11,14,16,22H,4,7,12-13,15H2,1-3H3.